The molecule has 0 spiro atoms. The van der Waals surface area contributed by atoms with Crippen LogP contribution in [0, 0.1) is 0 Å². The fourth-order valence-electron chi connectivity index (χ4n) is 2.56. The molecule has 134 valence electrons. The molecule has 0 aliphatic carbocycles. The zero-order chi connectivity index (χ0) is 19.1. The topological polar surface area (TPSA) is 96.2 Å². The van der Waals surface area contributed by atoms with E-state index in [9.17, 15) is 20.1 Å². The van der Waals surface area contributed by atoms with Gasteiger partial charge in [-0.2, -0.15) is 0 Å². The van der Waals surface area contributed by atoms with Crippen LogP contribution in [0.3, 0.4) is 0 Å². The number of phenolic OH excluding ortho intramolecular Hbond substituents is 3. The predicted octanol–water partition coefficient (Wildman–Crippen LogP) is 2.98. The molecule has 0 aromatic heterocycles. The Labute approximate surface area is 186 Å². The molecule has 0 fully saturated rings. The molecule has 7 heteroatoms. The van der Waals surface area contributed by atoms with E-state index >= 15 is 0 Å². The Hall–Kier alpha value is -1.25. The number of hydrogen-bond acceptors (Lipinski definition) is 6. The fraction of sp³-hybridized carbons (Fsp3) is 0.316. The van der Waals surface area contributed by atoms with E-state index in [2.05, 4.69) is 0 Å². The van der Waals surface area contributed by atoms with E-state index in [0.29, 0.717) is 24.5 Å². The number of aryl methyl sites for hydroxylation is 1. The summed E-state index contributed by atoms with van der Waals surface area (Å²) in [6.07, 6.45) is 1.38. The van der Waals surface area contributed by atoms with E-state index in [1.165, 1.54) is 25.3 Å². The second kappa shape index (κ2) is 10.2. The van der Waals surface area contributed by atoms with Crippen LogP contribution in [-0.2, 0) is 6.42 Å². The van der Waals surface area contributed by atoms with E-state index in [1.807, 2.05) is 0 Å². The largest absolute Gasteiger partial charge is 0.504 e. The molecule has 0 aliphatic rings. The molecule has 0 unspecified atom stereocenters. The van der Waals surface area contributed by atoms with Crippen molar-refractivity contribution in [3.63, 3.8) is 0 Å². The molecule has 2 aromatic carbocycles. The molecular weight excluding hydrogens is 363 g/mol. The van der Waals surface area contributed by atoms with Crippen LogP contribution >= 0.6 is 0 Å². The molecule has 0 aliphatic heterocycles. The van der Waals surface area contributed by atoms with Crippen molar-refractivity contribution < 1.29 is 29.6 Å². The van der Waals surface area contributed by atoms with Crippen molar-refractivity contribution in [2.24, 2.45) is 0 Å². The van der Waals surface area contributed by atoms with Crippen LogP contribution in [0.1, 0.15) is 28.8 Å². The molecular formula is C19H21KO6. The van der Waals surface area contributed by atoms with E-state index in [-0.39, 0.29) is 35.0 Å². The Balaban J connectivity index is 2.06. The standard InChI is InChI=1S/C19H21O6.K/c1-3-8-25-13-10-16(22)19(17(23)11-13)14(20)6-4-12-5-7-18(24-2)15(21)9-12;/h5,7,9-11,21-23H,1,3-4,6,8H2,2H3;. The number of carbonyl (C=O) groups excluding carboxylic acids is 1. The van der Waals surface area contributed by atoms with Crippen molar-refractivity contribution in [1.82, 2.24) is 0 Å². The normalized spacial score (nSPS) is 10.6. The van der Waals surface area contributed by atoms with Crippen molar-refractivity contribution in [1.29, 1.82) is 0 Å². The average Bonchev–Trinajstić information content (AvgIpc) is 2.59. The van der Waals surface area contributed by atoms with Gasteiger partial charge in [-0.05, 0) is 12.1 Å². The summed E-state index contributed by atoms with van der Waals surface area (Å²) in [5.74, 6) is -0.271. The van der Waals surface area contributed by atoms with Gasteiger partial charge in [-0.15, -0.1) is 0 Å². The van der Waals surface area contributed by atoms with Gasteiger partial charge < -0.3 is 9.84 Å². The van der Waals surface area contributed by atoms with Crippen LogP contribution in [0.5, 0.6) is 28.7 Å². The Morgan fingerprint density at radius 3 is 2.35 bits per heavy atom. The minimum absolute atomic E-state index is 0.000300. The van der Waals surface area contributed by atoms with E-state index in [4.69, 9.17) is 9.47 Å². The molecule has 0 bridgehead atoms. The third-order valence-corrected chi connectivity index (χ3v) is 5.10. The minimum atomic E-state index is -0.386. The molecule has 0 heterocycles. The molecule has 26 heavy (non-hydrogen) atoms. The maximum atomic E-state index is 12.4. The van der Waals surface area contributed by atoms with Crippen molar-refractivity contribution in [3.05, 3.63) is 41.5 Å². The van der Waals surface area contributed by atoms with Crippen LogP contribution in [0.2, 0.25) is 0.515 Å². The summed E-state index contributed by atoms with van der Waals surface area (Å²) >= 11 is 0.775. The van der Waals surface area contributed by atoms with Gasteiger partial charge >= 0.3 is 141 Å². The smallest absolute Gasteiger partial charge is 0.157 e. The van der Waals surface area contributed by atoms with E-state index in [0.717, 1.165) is 61.5 Å². The summed E-state index contributed by atoms with van der Waals surface area (Å²) in [6.45, 7) is 0.523. The first-order valence-corrected chi connectivity index (χ1v) is 10.7. The Morgan fingerprint density at radius 1 is 1.08 bits per heavy atom. The summed E-state index contributed by atoms with van der Waals surface area (Å²) in [5.41, 5.74) is 0.639. The van der Waals surface area contributed by atoms with Crippen LogP contribution < -0.4 is 9.47 Å². The van der Waals surface area contributed by atoms with Crippen molar-refractivity contribution >= 4 is 54.7 Å². The van der Waals surface area contributed by atoms with E-state index in [1.54, 1.807) is 12.1 Å². The van der Waals surface area contributed by atoms with Gasteiger partial charge in [0.05, 0.1) is 7.11 Å². The molecule has 6 nitrogen and oxygen atoms in total. The van der Waals surface area contributed by atoms with Gasteiger partial charge in [0.25, 0.3) is 0 Å². The first kappa shape index (κ1) is 21.1. The molecule has 2 rings (SSSR count). The van der Waals surface area contributed by atoms with Crippen LogP contribution in [0.4, 0.5) is 0 Å². The zero-order valence-corrected chi connectivity index (χ0v) is 18.1. The quantitative estimate of drug-likeness (QED) is 0.349. The Kier molecular flexibility index (Phi) is 8.24. The van der Waals surface area contributed by atoms with Crippen molar-refractivity contribution in [3.8, 4) is 28.7 Å². The number of rotatable bonds is 9. The predicted molar refractivity (Wildman–Crippen MR) is 97.8 cm³/mol. The summed E-state index contributed by atoms with van der Waals surface area (Å²) in [6, 6.07) is 7.60. The number of aromatic hydroxyl groups is 3. The molecule has 2 aromatic rings. The molecule has 0 radical (unpaired) electrons. The third-order valence-electron chi connectivity index (χ3n) is 4.00. The van der Waals surface area contributed by atoms with Gasteiger partial charge in [0.1, 0.15) is 0 Å². The Bertz CT molecular complexity index is 752. The van der Waals surface area contributed by atoms with Crippen LogP contribution in [-0.4, -0.2) is 83.8 Å². The number of methoxy groups -OCH3 is 1. The zero-order valence-electron chi connectivity index (χ0n) is 15.0. The minimum Gasteiger partial charge on any atom is -0.504 e. The second-order valence-electron chi connectivity index (χ2n) is 5.97. The molecule has 0 saturated carbocycles. The second-order valence-corrected chi connectivity index (χ2v) is 7.53. The molecule has 0 amide bonds. The third kappa shape index (κ3) is 5.62. The summed E-state index contributed by atoms with van der Waals surface area (Å²) < 4.78 is 11.6. The van der Waals surface area contributed by atoms with Gasteiger partial charge in [0.2, 0.25) is 0 Å². The number of hydrogen-bond donors (Lipinski definition) is 3. The van der Waals surface area contributed by atoms with Gasteiger partial charge in [0.15, 0.2) is 11.5 Å². The molecule has 0 atom stereocenters. The average molecular weight is 384 g/mol. The maximum Gasteiger partial charge on any atom is 0.157 e. The number of ketones is 1. The van der Waals surface area contributed by atoms with Gasteiger partial charge in [0, 0.05) is 0 Å². The van der Waals surface area contributed by atoms with Crippen LogP contribution in [0.25, 0.3) is 0 Å². The van der Waals surface area contributed by atoms with Crippen LogP contribution in [0.15, 0.2) is 30.3 Å². The first-order valence-electron chi connectivity index (χ1n) is 8.54. The fourth-order valence-corrected chi connectivity index (χ4v) is 3.01. The number of Topliss-reactive ketones (excluding diaryl/α,β-unsaturated/α-hetero) is 1. The molecule has 3 N–H and O–H groups in total. The number of phenols is 3. The van der Waals surface area contributed by atoms with E-state index < -0.39 is 0 Å². The monoisotopic (exact) mass is 384 g/mol. The first-order chi connectivity index (χ1) is 12.5. The Morgan fingerprint density at radius 2 is 1.77 bits per heavy atom. The van der Waals surface area contributed by atoms with Gasteiger partial charge in [-0.3, -0.25) is 0 Å². The SMILES string of the molecule is COc1ccc(CCC(=O)c2c(O)cc(OCC[CH2][K])cc2O)cc1O. The number of benzene rings is 2. The summed E-state index contributed by atoms with van der Waals surface area (Å²) in [4.78, 5) is 12.4. The summed E-state index contributed by atoms with van der Waals surface area (Å²) in [7, 11) is 1.46. The number of carbonyl (C=O) groups is 1. The van der Waals surface area contributed by atoms with Crippen molar-refractivity contribution in [2.75, 3.05) is 13.7 Å². The maximum absolute atomic E-state index is 12.4. The molecule has 0 saturated heterocycles. The van der Waals surface area contributed by atoms with Gasteiger partial charge in [-0.25, -0.2) is 0 Å². The van der Waals surface area contributed by atoms with Gasteiger partial charge in [-0.1, -0.05) is 6.07 Å². The van der Waals surface area contributed by atoms with Crippen molar-refractivity contribution in [2.45, 2.75) is 19.8 Å². The summed E-state index contributed by atoms with van der Waals surface area (Å²) in [5, 5.41) is 30.0. The number of ether oxygens (including phenoxy) is 2.